The highest BCUT2D eigenvalue weighted by Crippen LogP contribution is 2.30. The van der Waals surface area contributed by atoms with Crippen molar-refractivity contribution in [2.75, 3.05) is 13.1 Å². The summed E-state index contributed by atoms with van der Waals surface area (Å²) in [7, 11) is -1.81. The van der Waals surface area contributed by atoms with E-state index < -0.39 is 16.1 Å². The maximum atomic E-state index is 13.5. The lowest BCUT2D eigenvalue weighted by atomic mass is 9.96. The van der Waals surface area contributed by atoms with Gasteiger partial charge >= 0.3 is 0 Å². The second kappa shape index (κ2) is 9.91. The maximum Gasteiger partial charge on any atom is 0.243 e. The number of hydrogen-bond acceptors (Lipinski definition) is 4. The predicted molar refractivity (Wildman–Crippen MR) is 132 cm³/mol. The first-order chi connectivity index (χ1) is 16.6. The van der Waals surface area contributed by atoms with Crippen LogP contribution in [0.4, 0.5) is 4.39 Å². The Morgan fingerprint density at radius 1 is 1.09 bits per heavy atom. The predicted octanol–water partition coefficient (Wildman–Crippen LogP) is 3.79. The highest BCUT2D eigenvalue weighted by molar-refractivity contribution is 7.89. The van der Waals surface area contributed by atoms with E-state index >= 15 is 0 Å². The zero-order chi connectivity index (χ0) is 25.3. The smallest absolute Gasteiger partial charge is 0.243 e. The topological polar surface area (TPSA) is 84.3 Å². The molecule has 4 rings (SSSR count). The van der Waals surface area contributed by atoms with Crippen molar-refractivity contribution in [1.29, 1.82) is 0 Å². The average molecular weight is 499 g/mol. The third kappa shape index (κ3) is 5.16. The summed E-state index contributed by atoms with van der Waals surface area (Å²) in [6.07, 6.45) is 4.28. The van der Waals surface area contributed by atoms with Crippen LogP contribution in [-0.4, -0.2) is 41.3 Å². The minimum atomic E-state index is -3.65. The van der Waals surface area contributed by atoms with Gasteiger partial charge in [0.25, 0.3) is 0 Å². The molecule has 9 heteroatoms. The number of nitrogens with one attached hydrogen (secondary N) is 1. The molecule has 0 aliphatic carbocycles. The third-order valence-electron chi connectivity index (χ3n) is 6.63. The van der Waals surface area contributed by atoms with Gasteiger partial charge in [0, 0.05) is 38.4 Å². The van der Waals surface area contributed by atoms with Crippen LogP contribution >= 0.6 is 0 Å². The quantitative estimate of drug-likeness (QED) is 0.561. The first-order valence-electron chi connectivity index (χ1n) is 11.7. The number of carbonyl (C=O) groups excluding carboxylic acids is 1. The fourth-order valence-corrected chi connectivity index (χ4v) is 6.81. The second-order valence-electron chi connectivity index (χ2n) is 9.30. The van der Waals surface area contributed by atoms with Crippen LogP contribution in [0, 0.1) is 32.5 Å². The van der Waals surface area contributed by atoms with Gasteiger partial charge in [-0.25, -0.2) is 17.8 Å². The van der Waals surface area contributed by atoms with Gasteiger partial charge in [0.05, 0.1) is 4.90 Å². The first-order valence-corrected chi connectivity index (χ1v) is 13.1. The molecule has 1 aliphatic rings. The number of nitrogens with zero attached hydrogens (tertiary/aromatic N) is 3. The number of aromatic nitrogens is 2. The number of benzene rings is 2. The molecule has 186 valence electrons. The summed E-state index contributed by atoms with van der Waals surface area (Å²) in [5.74, 6) is -0.214. The monoisotopic (exact) mass is 498 g/mol. The van der Waals surface area contributed by atoms with Gasteiger partial charge in [-0.1, -0.05) is 29.8 Å². The van der Waals surface area contributed by atoms with E-state index in [1.807, 2.05) is 44.5 Å². The standard InChI is InChI=1S/C26H31FN4O3S/c1-17-15-18(2)24(19(3)16-17)35(33,34)31-12-9-21(10-13-31)26(32)29-23(25-28-11-14-30(25)4)20-5-7-22(27)8-6-20/h5-8,11,14-16,21,23H,9-10,12-13H2,1-4H3,(H,29,32)/t23-/m1/s1. The number of amides is 1. The van der Waals surface area contributed by atoms with Gasteiger partial charge in [0.15, 0.2) is 0 Å². The Morgan fingerprint density at radius 2 is 1.69 bits per heavy atom. The van der Waals surface area contributed by atoms with E-state index in [1.54, 1.807) is 24.5 Å². The number of piperidine rings is 1. The Morgan fingerprint density at radius 3 is 2.23 bits per heavy atom. The lowest BCUT2D eigenvalue weighted by Gasteiger charge is -2.32. The molecular formula is C26H31FN4O3S. The van der Waals surface area contributed by atoms with E-state index in [0.29, 0.717) is 23.6 Å². The van der Waals surface area contributed by atoms with Crippen molar-refractivity contribution in [2.45, 2.75) is 44.6 Å². The minimum absolute atomic E-state index is 0.165. The number of aryl methyl sites for hydroxylation is 4. The van der Waals surface area contributed by atoms with Gasteiger partial charge in [0.1, 0.15) is 17.7 Å². The summed E-state index contributed by atoms with van der Waals surface area (Å²) in [4.78, 5) is 18.0. The van der Waals surface area contributed by atoms with Crippen LogP contribution in [0.25, 0.3) is 0 Å². The summed E-state index contributed by atoms with van der Waals surface area (Å²) in [5, 5.41) is 3.06. The molecule has 0 unspecified atom stereocenters. The summed E-state index contributed by atoms with van der Waals surface area (Å²) in [6, 6.07) is 9.21. The lowest BCUT2D eigenvalue weighted by Crippen LogP contribution is -2.44. The molecule has 2 heterocycles. The van der Waals surface area contributed by atoms with Crippen LogP contribution in [0.1, 0.15) is 47.0 Å². The molecule has 0 spiro atoms. The van der Waals surface area contributed by atoms with Crippen molar-refractivity contribution in [3.05, 3.63) is 82.7 Å². The van der Waals surface area contributed by atoms with Gasteiger partial charge in [-0.15, -0.1) is 0 Å². The largest absolute Gasteiger partial charge is 0.342 e. The van der Waals surface area contributed by atoms with Crippen LogP contribution in [-0.2, 0) is 21.9 Å². The molecule has 0 saturated carbocycles. The molecule has 0 bridgehead atoms. The number of halogens is 1. The molecule has 2 aromatic carbocycles. The minimum Gasteiger partial charge on any atom is -0.342 e. The van der Waals surface area contributed by atoms with E-state index in [0.717, 1.165) is 22.3 Å². The number of imidazole rings is 1. The van der Waals surface area contributed by atoms with Gasteiger partial charge in [-0.3, -0.25) is 4.79 Å². The lowest BCUT2D eigenvalue weighted by molar-refractivity contribution is -0.126. The molecule has 3 aromatic rings. The summed E-state index contributed by atoms with van der Waals surface area (Å²) in [6.45, 7) is 6.14. The van der Waals surface area contributed by atoms with Crippen molar-refractivity contribution in [1.82, 2.24) is 19.2 Å². The molecule has 1 aliphatic heterocycles. The van der Waals surface area contributed by atoms with Gasteiger partial charge in [-0.05, 0) is 62.4 Å². The average Bonchev–Trinajstić information content (AvgIpc) is 3.22. The van der Waals surface area contributed by atoms with Crippen molar-refractivity contribution < 1.29 is 17.6 Å². The number of hydrogen-bond donors (Lipinski definition) is 1. The van der Waals surface area contributed by atoms with Crippen molar-refractivity contribution in [2.24, 2.45) is 13.0 Å². The fraction of sp³-hybridized carbons (Fsp3) is 0.385. The SMILES string of the molecule is Cc1cc(C)c(S(=O)(=O)N2CCC(C(=O)N[C@H](c3ccc(F)cc3)c3nccn3C)CC2)c(C)c1. The molecule has 1 N–H and O–H groups in total. The molecule has 1 fully saturated rings. The third-order valence-corrected chi connectivity index (χ3v) is 8.84. The maximum absolute atomic E-state index is 13.5. The second-order valence-corrected chi connectivity index (χ2v) is 11.2. The van der Waals surface area contributed by atoms with E-state index in [-0.39, 0.29) is 30.7 Å². The van der Waals surface area contributed by atoms with Gasteiger partial charge in [-0.2, -0.15) is 4.31 Å². The summed E-state index contributed by atoms with van der Waals surface area (Å²) >= 11 is 0. The zero-order valence-corrected chi connectivity index (χ0v) is 21.3. The molecule has 7 nitrogen and oxygen atoms in total. The van der Waals surface area contributed by atoms with Crippen LogP contribution in [0.5, 0.6) is 0 Å². The number of sulfonamides is 1. The van der Waals surface area contributed by atoms with E-state index in [4.69, 9.17) is 0 Å². The highest BCUT2D eigenvalue weighted by Gasteiger charge is 2.34. The Balaban J connectivity index is 1.48. The van der Waals surface area contributed by atoms with Crippen molar-refractivity contribution in [3.63, 3.8) is 0 Å². The van der Waals surface area contributed by atoms with Gasteiger partial charge in [0.2, 0.25) is 15.9 Å². The highest BCUT2D eigenvalue weighted by atomic mass is 32.2. The number of carbonyl (C=O) groups is 1. The molecule has 1 saturated heterocycles. The Bertz CT molecular complexity index is 1300. The van der Waals surface area contributed by atoms with Crippen LogP contribution in [0.3, 0.4) is 0 Å². The van der Waals surface area contributed by atoms with Crippen molar-refractivity contribution in [3.8, 4) is 0 Å². The zero-order valence-electron chi connectivity index (χ0n) is 20.5. The molecular weight excluding hydrogens is 467 g/mol. The van der Waals surface area contributed by atoms with Crippen molar-refractivity contribution >= 4 is 15.9 Å². The Labute approximate surface area is 206 Å². The van der Waals surface area contributed by atoms with E-state index in [1.165, 1.54) is 16.4 Å². The van der Waals surface area contributed by atoms with Crippen LogP contribution < -0.4 is 5.32 Å². The normalized spacial score (nSPS) is 16.3. The fourth-order valence-electron chi connectivity index (χ4n) is 4.93. The first kappa shape index (κ1) is 25.1. The Hall–Kier alpha value is -3.04. The summed E-state index contributed by atoms with van der Waals surface area (Å²) in [5.41, 5.74) is 3.22. The molecule has 1 amide bonds. The van der Waals surface area contributed by atoms with E-state index in [2.05, 4.69) is 10.3 Å². The van der Waals surface area contributed by atoms with E-state index in [9.17, 15) is 17.6 Å². The molecule has 1 aromatic heterocycles. The molecule has 0 radical (unpaired) electrons. The Kier molecular flexibility index (Phi) is 7.10. The molecule has 1 atom stereocenters. The number of rotatable bonds is 6. The van der Waals surface area contributed by atoms with Crippen LogP contribution in [0.2, 0.25) is 0 Å². The van der Waals surface area contributed by atoms with Crippen LogP contribution in [0.15, 0.2) is 53.7 Å². The van der Waals surface area contributed by atoms with Gasteiger partial charge < -0.3 is 9.88 Å². The summed E-state index contributed by atoms with van der Waals surface area (Å²) < 4.78 is 43.6. The molecule has 35 heavy (non-hydrogen) atoms.